The van der Waals surface area contributed by atoms with E-state index in [1.54, 1.807) is 0 Å². The van der Waals surface area contributed by atoms with Gasteiger partial charge in [0.15, 0.2) is 6.61 Å². The average Bonchev–Trinajstić information content (AvgIpc) is 2.93. The number of anilines is 1. The lowest BCUT2D eigenvalue weighted by Crippen LogP contribution is -2.20. The Morgan fingerprint density at radius 2 is 1.87 bits per heavy atom. The second-order valence-corrected chi connectivity index (χ2v) is 5.05. The Labute approximate surface area is 139 Å². The van der Waals surface area contributed by atoms with Crippen molar-refractivity contribution in [2.75, 3.05) is 11.9 Å². The first-order valence-electron chi connectivity index (χ1n) is 6.02. The fourth-order valence-corrected chi connectivity index (χ4v) is 2.09. The summed E-state index contributed by atoms with van der Waals surface area (Å²) in [4.78, 5) is 32.9. The van der Waals surface area contributed by atoms with Crippen molar-refractivity contribution in [2.24, 2.45) is 0 Å². The molecule has 0 fully saturated rings. The molecule has 10 heteroatoms. The van der Waals surface area contributed by atoms with Crippen LogP contribution in [-0.2, 0) is 9.53 Å². The summed E-state index contributed by atoms with van der Waals surface area (Å²) < 4.78 is 9.33. The van der Waals surface area contributed by atoms with Gasteiger partial charge in [-0.1, -0.05) is 23.2 Å². The summed E-state index contributed by atoms with van der Waals surface area (Å²) in [6.07, 6.45) is 0. The van der Waals surface area contributed by atoms with Gasteiger partial charge >= 0.3 is 11.9 Å². The van der Waals surface area contributed by atoms with E-state index in [0.29, 0.717) is 15.7 Å². The van der Waals surface area contributed by atoms with Gasteiger partial charge in [0, 0.05) is 15.7 Å². The predicted octanol–water partition coefficient (Wildman–Crippen LogP) is 3.29. The van der Waals surface area contributed by atoms with Crippen LogP contribution in [0.3, 0.4) is 0 Å². The quantitative estimate of drug-likeness (QED) is 0.498. The van der Waals surface area contributed by atoms with E-state index in [1.807, 2.05) is 0 Å². The molecule has 0 aliphatic rings. The maximum Gasteiger partial charge on any atom is 0.433 e. The van der Waals surface area contributed by atoms with E-state index in [1.165, 1.54) is 18.2 Å². The Kier molecular flexibility index (Phi) is 5.20. The number of ether oxygens (including phenoxy) is 1. The molecule has 120 valence electrons. The van der Waals surface area contributed by atoms with Crippen LogP contribution in [-0.4, -0.2) is 23.4 Å². The summed E-state index contributed by atoms with van der Waals surface area (Å²) in [5.41, 5.74) is 0.331. The van der Waals surface area contributed by atoms with E-state index in [4.69, 9.17) is 23.2 Å². The molecular formula is C13H8Cl2N2O6. The zero-order chi connectivity index (χ0) is 17.0. The van der Waals surface area contributed by atoms with Crippen molar-refractivity contribution in [1.82, 2.24) is 0 Å². The number of nitrogens with zero attached hydrogens (tertiary/aromatic N) is 1. The van der Waals surface area contributed by atoms with Crippen molar-refractivity contribution in [3.05, 3.63) is 56.3 Å². The molecule has 0 aliphatic heterocycles. The van der Waals surface area contributed by atoms with Crippen LogP contribution in [0, 0.1) is 10.1 Å². The van der Waals surface area contributed by atoms with Gasteiger partial charge in [0.2, 0.25) is 5.76 Å². The van der Waals surface area contributed by atoms with Crippen LogP contribution in [0.15, 0.2) is 34.7 Å². The van der Waals surface area contributed by atoms with Crippen molar-refractivity contribution in [1.29, 1.82) is 0 Å². The molecule has 0 saturated heterocycles. The van der Waals surface area contributed by atoms with Crippen LogP contribution in [0.1, 0.15) is 10.6 Å². The highest BCUT2D eigenvalue weighted by atomic mass is 35.5. The number of esters is 1. The lowest BCUT2D eigenvalue weighted by molar-refractivity contribution is -0.402. The van der Waals surface area contributed by atoms with E-state index < -0.39 is 29.3 Å². The van der Waals surface area contributed by atoms with Gasteiger partial charge in [-0.15, -0.1) is 0 Å². The first kappa shape index (κ1) is 16.8. The van der Waals surface area contributed by atoms with Gasteiger partial charge in [0.25, 0.3) is 5.91 Å². The second-order valence-electron chi connectivity index (χ2n) is 4.18. The molecule has 2 aromatic rings. The standard InChI is InChI=1S/C13H8Cl2N2O6/c14-7-3-8(15)5-9(4-7)16-11(18)6-22-13(19)10-1-2-12(23-10)17(20)21/h1-5H,6H2,(H,16,18). The van der Waals surface area contributed by atoms with E-state index in [-0.39, 0.29) is 5.76 Å². The van der Waals surface area contributed by atoms with Gasteiger partial charge in [0.1, 0.15) is 4.92 Å². The van der Waals surface area contributed by atoms with Crippen LogP contribution >= 0.6 is 23.2 Å². The highest BCUT2D eigenvalue weighted by Crippen LogP contribution is 2.22. The Morgan fingerprint density at radius 3 is 2.43 bits per heavy atom. The van der Waals surface area contributed by atoms with Gasteiger partial charge in [0.05, 0.1) is 6.07 Å². The second kappa shape index (κ2) is 7.12. The minimum Gasteiger partial charge on any atom is -0.450 e. The first-order valence-corrected chi connectivity index (χ1v) is 6.78. The molecule has 0 spiro atoms. The summed E-state index contributed by atoms with van der Waals surface area (Å²) in [7, 11) is 0. The van der Waals surface area contributed by atoms with Crippen LogP contribution < -0.4 is 5.32 Å². The largest absolute Gasteiger partial charge is 0.450 e. The molecule has 0 saturated carbocycles. The van der Waals surface area contributed by atoms with Crippen molar-refractivity contribution in [3.63, 3.8) is 0 Å². The summed E-state index contributed by atoms with van der Waals surface area (Å²) in [5, 5.41) is 13.5. The number of benzene rings is 1. The predicted molar refractivity (Wildman–Crippen MR) is 80.7 cm³/mol. The van der Waals surface area contributed by atoms with Crippen LogP contribution in [0.2, 0.25) is 10.0 Å². The Hall–Kier alpha value is -2.58. The molecule has 0 radical (unpaired) electrons. The zero-order valence-corrected chi connectivity index (χ0v) is 12.8. The van der Waals surface area contributed by atoms with Crippen molar-refractivity contribution < 1.29 is 23.7 Å². The SMILES string of the molecule is O=C(COC(=O)c1ccc([N+](=O)[O-])o1)Nc1cc(Cl)cc(Cl)c1. The third kappa shape index (κ3) is 4.70. The number of furan rings is 1. The maximum absolute atomic E-state index is 11.7. The fourth-order valence-electron chi connectivity index (χ4n) is 1.56. The number of carbonyl (C=O) groups is 2. The van der Waals surface area contributed by atoms with Gasteiger partial charge in [-0.05, 0) is 24.3 Å². The molecule has 1 amide bonds. The molecule has 0 aliphatic carbocycles. The highest BCUT2D eigenvalue weighted by Gasteiger charge is 2.19. The number of nitrogens with one attached hydrogen (secondary N) is 1. The number of nitro groups is 1. The molecule has 0 bridgehead atoms. The summed E-state index contributed by atoms with van der Waals surface area (Å²) >= 11 is 11.6. The summed E-state index contributed by atoms with van der Waals surface area (Å²) in [6.45, 7) is -0.614. The maximum atomic E-state index is 11.7. The van der Waals surface area contributed by atoms with E-state index in [9.17, 15) is 19.7 Å². The number of halogens is 2. The Balaban J connectivity index is 1.90. The van der Waals surface area contributed by atoms with Crippen LogP contribution in [0.4, 0.5) is 11.6 Å². The number of amides is 1. The van der Waals surface area contributed by atoms with E-state index in [2.05, 4.69) is 14.5 Å². The normalized spacial score (nSPS) is 10.2. The summed E-state index contributed by atoms with van der Waals surface area (Å²) in [5.74, 6) is -2.62. The molecule has 1 aromatic carbocycles. The minimum absolute atomic E-state index is 0.327. The average molecular weight is 359 g/mol. The topological polar surface area (TPSA) is 112 Å². The highest BCUT2D eigenvalue weighted by molar-refractivity contribution is 6.35. The minimum atomic E-state index is -1.00. The molecule has 23 heavy (non-hydrogen) atoms. The zero-order valence-electron chi connectivity index (χ0n) is 11.2. The Morgan fingerprint density at radius 1 is 1.22 bits per heavy atom. The lowest BCUT2D eigenvalue weighted by Gasteiger charge is -2.06. The number of hydrogen-bond acceptors (Lipinski definition) is 6. The van der Waals surface area contributed by atoms with Crippen molar-refractivity contribution in [2.45, 2.75) is 0 Å². The van der Waals surface area contributed by atoms with Crippen LogP contribution in [0.5, 0.6) is 0 Å². The molecule has 2 rings (SSSR count). The fraction of sp³-hybridized carbons (Fsp3) is 0.0769. The summed E-state index contributed by atoms with van der Waals surface area (Å²) in [6, 6.07) is 6.49. The Bertz CT molecular complexity index is 753. The molecule has 0 atom stereocenters. The number of carbonyl (C=O) groups excluding carboxylic acids is 2. The number of rotatable bonds is 5. The van der Waals surface area contributed by atoms with E-state index >= 15 is 0 Å². The lowest BCUT2D eigenvalue weighted by atomic mass is 10.3. The van der Waals surface area contributed by atoms with Gasteiger partial charge in [-0.3, -0.25) is 14.9 Å². The third-order valence-corrected chi connectivity index (χ3v) is 2.89. The number of hydrogen-bond donors (Lipinski definition) is 1. The van der Waals surface area contributed by atoms with Gasteiger partial charge < -0.3 is 14.5 Å². The van der Waals surface area contributed by atoms with Crippen molar-refractivity contribution >= 4 is 46.6 Å². The molecular weight excluding hydrogens is 351 g/mol. The monoisotopic (exact) mass is 358 g/mol. The molecule has 0 unspecified atom stereocenters. The molecule has 1 aromatic heterocycles. The molecule has 1 heterocycles. The van der Waals surface area contributed by atoms with Crippen molar-refractivity contribution in [3.8, 4) is 0 Å². The first-order chi connectivity index (χ1) is 10.8. The molecule has 8 nitrogen and oxygen atoms in total. The van der Waals surface area contributed by atoms with Crippen LogP contribution in [0.25, 0.3) is 0 Å². The van der Waals surface area contributed by atoms with E-state index in [0.717, 1.165) is 12.1 Å². The van der Waals surface area contributed by atoms with Gasteiger partial charge in [-0.25, -0.2) is 4.79 Å². The third-order valence-electron chi connectivity index (χ3n) is 2.45. The van der Waals surface area contributed by atoms with Gasteiger partial charge in [-0.2, -0.15) is 0 Å². The molecule has 1 N–H and O–H groups in total. The smallest absolute Gasteiger partial charge is 0.433 e.